The number of benzene rings is 2. The summed E-state index contributed by atoms with van der Waals surface area (Å²) in [4.78, 5) is 0. The van der Waals surface area contributed by atoms with Gasteiger partial charge < -0.3 is 5.32 Å². The molecule has 0 heterocycles. The summed E-state index contributed by atoms with van der Waals surface area (Å²) in [6.45, 7) is 4.41. The van der Waals surface area contributed by atoms with Crippen molar-refractivity contribution >= 4 is 0 Å². The first-order valence-electron chi connectivity index (χ1n) is 7.97. The predicted molar refractivity (Wildman–Crippen MR) is 89.8 cm³/mol. The molecule has 0 saturated heterocycles. The Labute approximate surface area is 128 Å². The van der Waals surface area contributed by atoms with Gasteiger partial charge in [-0.3, -0.25) is 0 Å². The maximum Gasteiger partial charge on any atom is 0.0139 e. The molecule has 0 spiro atoms. The second kappa shape index (κ2) is 6.03. The Hall–Kier alpha value is -1.60. The van der Waals surface area contributed by atoms with Crippen molar-refractivity contribution in [3.63, 3.8) is 0 Å². The fraction of sp³-hybridized carbons (Fsp3) is 0.400. The lowest BCUT2D eigenvalue weighted by Crippen LogP contribution is -2.36. The number of hydrogen-bond donors (Lipinski definition) is 1. The lowest BCUT2D eigenvalue weighted by molar-refractivity contribution is 0.383. The van der Waals surface area contributed by atoms with E-state index >= 15 is 0 Å². The summed E-state index contributed by atoms with van der Waals surface area (Å²) in [5, 5.41) is 3.57. The minimum atomic E-state index is 0.554. The minimum Gasteiger partial charge on any atom is -0.316 e. The molecule has 1 N–H and O–H groups in total. The highest BCUT2D eigenvalue weighted by molar-refractivity contribution is 5.34. The summed E-state index contributed by atoms with van der Waals surface area (Å²) in [6.07, 6.45) is 3.56. The number of hydrogen-bond acceptors (Lipinski definition) is 1. The van der Waals surface area contributed by atoms with Crippen LogP contribution in [0.5, 0.6) is 0 Å². The number of fused-ring (bicyclic) bond motifs is 1. The van der Waals surface area contributed by atoms with E-state index in [2.05, 4.69) is 68.7 Å². The maximum atomic E-state index is 3.57. The molecule has 0 aliphatic heterocycles. The molecule has 0 radical (unpaired) electrons. The summed E-state index contributed by atoms with van der Waals surface area (Å²) in [5.74, 6) is 0.715. The molecule has 0 fully saturated rings. The number of aryl methyl sites for hydroxylation is 2. The molecular weight excluding hydrogens is 254 g/mol. The first-order chi connectivity index (χ1) is 10.2. The van der Waals surface area contributed by atoms with Gasteiger partial charge in [0.15, 0.2) is 0 Å². The molecule has 1 heteroatoms. The summed E-state index contributed by atoms with van der Waals surface area (Å²) in [7, 11) is 2.11. The van der Waals surface area contributed by atoms with Crippen molar-refractivity contribution in [1.29, 1.82) is 0 Å². The number of nitrogens with one attached hydrogen (secondary N) is 1. The van der Waals surface area contributed by atoms with Crippen LogP contribution >= 0.6 is 0 Å². The van der Waals surface area contributed by atoms with Crippen molar-refractivity contribution in [3.05, 3.63) is 70.3 Å². The van der Waals surface area contributed by atoms with Crippen molar-refractivity contribution in [2.24, 2.45) is 5.92 Å². The highest BCUT2D eigenvalue weighted by Crippen LogP contribution is 2.30. The zero-order valence-electron chi connectivity index (χ0n) is 13.3. The van der Waals surface area contributed by atoms with Crippen LogP contribution in [0.15, 0.2) is 42.5 Å². The maximum absolute atomic E-state index is 3.57. The normalized spacial score (nSPS) is 16.0. The van der Waals surface area contributed by atoms with Crippen LogP contribution in [0.1, 0.15) is 27.8 Å². The standard InChI is InChI=1S/C20H25N/c1-14-8-9-15(2)18(10-14)13-20(21-3)19-11-16-6-4-5-7-17(16)12-19/h4-10,19-21H,11-13H2,1-3H3. The Morgan fingerprint density at radius 3 is 2.33 bits per heavy atom. The molecule has 0 aromatic heterocycles. The molecule has 1 unspecified atom stereocenters. The Morgan fingerprint density at radius 2 is 1.71 bits per heavy atom. The van der Waals surface area contributed by atoms with Crippen LogP contribution in [-0.2, 0) is 19.3 Å². The summed E-state index contributed by atoms with van der Waals surface area (Å²) >= 11 is 0. The summed E-state index contributed by atoms with van der Waals surface area (Å²) in [5.41, 5.74) is 7.36. The van der Waals surface area contributed by atoms with Crippen LogP contribution < -0.4 is 5.32 Å². The van der Waals surface area contributed by atoms with Crippen LogP contribution in [0, 0.1) is 19.8 Å². The van der Waals surface area contributed by atoms with Gasteiger partial charge in [-0.15, -0.1) is 0 Å². The van der Waals surface area contributed by atoms with Crippen molar-refractivity contribution in [2.75, 3.05) is 7.05 Å². The van der Waals surface area contributed by atoms with Gasteiger partial charge in [-0.25, -0.2) is 0 Å². The molecule has 1 atom stereocenters. The third-order valence-corrected chi connectivity index (χ3v) is 4.97. The molecule has 2 aromatic carbocycles. The van der Waals surface area contributed by atoms with Crippen molar-refractivity contribution in [3.8, 4) is 0 Å². The van der Waals surface area contributed by atoms with E-state index in [0.717, 1.165) is 6.42 Å². The second-order valence-corrected chi connectivity index (χ2v) is 6.47. The molecule has 1 aliphatic rings. The van der Waals surface area contributed by atoms with Crippen LogP contribution in [0.2, 0.25) is 0 Å². The van der Waals surface area contributed by atoms with Crippen LogP contribution in [0.4, 0.5) is 0 Å². The predicted octanol–water partition coefficient (Wildman–Crippen LogP) is 3.85. The van der Waals surface area contributed by atoms with Crippen LogP contribution in [0.3, 0.4) is 0 Å². The Bertz CT molecular complexity index is 604. The average Bonchev–Trinajstić information content (AvgIpc) is 2.91. The quantitative estimate of drug-likeness (QED) is 0.896. The van der Waals surface area contributed by atoms with E-state index in [0.29, 0.717) is 12.0 Å². The largest absolute Gasteiger partial charge is 0.316 e. The van der Waals surface area contributed by atoms with Crippen molar-refractivity contribution in [1.82, 2.24) is 5.32 Å². The second-order valence-electron chi connectivity index (χ2n) is 6.47. The van der Waals surface area contributed by atoms with E-state index in [1.807, 2.05) is 0 Å². The summed E-state index contributed by atoms with van der Waals surface area (Å²) in [6, 6.07) is 16.3. The molecule has 3 rings (SSSR count). The molecular formula is C20H25N. The number of likely N-dealkylation sites (N-methyl/N-ethyl adjacent to an activating group) is 1. The smallest absolute Gasteiger partial charge is 0.0139 e. The lowest BCUT2D eigenvalue weighted by atomic mass is 9.89. The van der Waals surface area contributed by atoms with Crippen molar-refractivity contribution in [2.45, 2.75) is 39.2 Å². The van der Waals surface area contributed by atoms with Gasteiger partial charge in [0.1, 0.15) is 0 Å². The third-order valence-electron chi connectivity index (χ3n) is 4.97. The van der Waals surface area contributed by atoms with Gasteiger partial charge in [-0.05, 0) is 68.3 Å². The van der Waals surface area contributed by atoms with E-state index in [9.17, 15) is 0 Å². The molecule has 1 aliphatic carbocycles. The van der Waals surface area contributed by atoms with Crippen LogP contribution in [0.25, 0.3) is 0 Å². The molecule has 0 saturated carbocycles. The highest BCUT2D eigenvalue weighted by Gasteiger charge is 2.27. The van der Waals surface area contributed by atoms with Gasteiger partial charge in [0, 0.05) is 6.04 Å². The molecule has 0 amide bonds. The van der Waals surface area contributed by atoms with Crippen molar-refractivity contribution < 1.29 is 0 Å². The molecule has 1 nitrogen and oxygen atoms in total. The van der Waals surface area contributed by atoms with Gasteiger partial charge in [-0.1, -0.05) is 48.0 Å². The zero-order valence-corrected chi connectivity index (χ0v) is 13.3. The molecule has 2 aromatic rings. The fourth-order valence-corrected chi connectivity index (χ4v) is 3.64. The molecule has 110 valence electrons. The van der Waals surface area contributed by atoms with Gasteiger partial charge in [-0.2, -0.15) is 0 Å². The van der Waals surface area contributed by atoms with E-state index in [-0.39, 0.29) is 0 Å². The third kappa shape index (κ3) is 3.03. The highest BCUT2D eigenvalue weighted by atomic mass is 14.9. The fourth-order valence-electron chi connectivity index (χ4n) is 3.64. The Morgan fingerprint density at radius 1 is 1.05 bits per heavy atom. The van der Waals surface area contributed by atoms with Crippen LogP contribution in [-0.4, -0.2) is 13.1 Å². The molecule has 0 bridgehead atoms. The molecule has 21 heavy (non-hydrogen) atoms. The van der Waals surface area contributed by atoms with Gasteiger partial charge in [0.2, 0.25) is 0 Å². The monoisotopic (exact) mass is 279 g/mol. The van der Waals surface area contributed by atoms with E-state index in [4.69, 9.17) is 0 Å². The summed E-state index contributed by atoms with van der Waals surface area (Å²) < 4.78 is 0. The SMILES string of the molecule is CNC(Cc1cc(C)ccc1C)C1Cc2ccccc2C1. The van der Waals surface area contributed by atoms with Gasteiger partial charge in [0.25, 0.3) is 0 Å². The average molecular weight is 279 g/mol. The van der Waals surface area contributed by atoms with E-state index in [1.54, 1.807) is 11.1 Å². The Kier molecular flexibility index (Phi) is 4.12. The Balaban J connectivity index is 1.76. The van der Waals surface area contributed by atoms with Gasteiger partial charge >= 0.3 is 0 Å². The first kappa shape index (κ1) is 14.3. The van der Waals surface area contributed by atoms with E-state index in [1.165, 1.54) is 29.5 Å². The zero-order chi connectivity index (χ0) is 14.8. The topological polar surface area (TPSA) is 12.0 Å². The van der Waals surface area contributed by atoms with Gasteiger partial charge in [0.05, 0.1) is 0 Å². The first-order valence-corrected chi connectivity index (χ1v) is 7.97. The minimum absolute atomic E-state index is 0.554. The van der Waals surface area contributed by atoms with E-state index < -0.39 is 0 Å². The number of rotatable bonds is 4. The lowest BCUT2D eigenvalue weighted by Gasteiger charge is -2.24.